The van der Waals surface area contributed by atoms with Gasteiger partial charge in [0.1, 0.15) is 11.4 Å². The topological polar surface area (TPSA) is 50.5 Å². The molecular weight excluding hydrogens is 333 g/mol. The van der Waals surface area contributed by atoms with E-state index in [9.17, 15) is 9.50 Å². The molecule has 2 aliphatic rings. The van der Waals surface area contributed by atoms with Gasteiger partial charge in [0.15, 0.2) is 0 Å². The van der Waals surface area contributed by atoms with Crippen molar-refractivity contribution >= 4 is 0 Å². The van der Waals surface area contributed by atoms with E-state index in [-0.39, 0.29) is 11.7 Å². The van der Waals surface area contributed by atoms with Crippen LogP contribution in [0.15, 0.2) is 36.5 Å². The first kappa shape index (κ1) is 17.6. The van der Waals surface area contributed by atoms with E-state index in [1.165, 1.54) is 6.07 Å². The van der Waals surface area contributed by atoms with Crippen LogP contribution in [0.25, 0.3) is 0 Å². The zero-order valence-corrected chi connectivity index (χ0v) is 15.3. The second-order valence-electron chi connectivity index (χ2n) is 7.88. The van der Waals surface area contributed by atoms with Crippen molar-refractivity contribution in [3.63, 3.8) is 0 Å². The van der Waals surface area contributed by atoms with E-state index in [1.54, 1.807) is 12.1 Å². The number of rotatable bonds is 4. The molecule has 5 nitrogen and oxygen atoms in total. The molecule has 3 atom stereocenters. The normalized spacial score (nSPS) is 29.3. The molecule has 1 aromatic carbocycles. The molecule has 0 amide bonds. The summed E-state index contributed by atoms with van der Waals surface area (Å²) in [4.78, 5) is 2.23. The van der Waals surface area contributed by atoms with Crippen molar-refractivity contribution in [2.24, 2.45) is 0 Å². The highest BCUT2D eigenvalue weighted by molar-refractivity contribution is 5.24. The maximum Gasteiger partial charge on any atom is 0.123 e. The second kappa shape index (κ2) is 6.76. The summed E-state index contributed by atoms with van der Waals surface area (Å²) < 4.78 is 21.7. The summed E-state index contributed by atoms with van der Waals surface area (Å²) in [5.41, 5.74) is 1.54. The first-order valence-corrected chi connectivity index (χ1v) is 9.29. The van der Waals surface area contributed by atoms with Crippen molar-refractivity contribution in [3.8, 4) is 0 Å². The fraction of sp³-hybridized carbons (Fsp3) is 0.550. The van der Waals surface area contributed by atoms with Gasteiger partial charge in [-0.25, -0.2) is 4.39 Å². The van der Waals surface area contributed by atoms with Crippen molar-refractivity contribution in [2.45, 2.75) is 50.5 Å². The Hall–Kier alpha value is -1.76. The predicted molar refractivity (Wildman–Crippen MR) is 96.3 cm³/mol. The molecule has 0 saturated carbocycles. The summed E-state index contributed by atoms with van der Waals surface area (Å²) >= 11 is 0. The number of nitrogens with zero attached hydrogens (tertiary/aromatic N) is 3. The molecule has 0 radical (unpaired) electrons. The first-order valence-electron chi connectivity index (χ1n) is 9.29. The van der Waals surface area contributed by atoms with Crippen molar-refractivity contribution in [1.82, 2.24) is 14.7 Å². The Morgan fingerprint density at radius 3 is 3.00 bits per heavy atom. The number of hydrogen-bond acceptors (Lipinski definition) is 4. The standard InChI is InChI=1S/C20H26FN3O2/c1-14(2)24-18(6-7-22-24)10-23-11-19(25)20(13-23)9-16(12-26-20)15-4-3-5-17(21)8-15/h3-8,14,16,19,25H,9-13H2,1-2H3/t16-,19-,20-/m1/s1. The number of likely N-dealkylation sites (tertiary alicyclic amines) is 1. The van der Waals surface area contributed by atoms with E-state index >= 15 is 0 Å². The number of ether oxygens (including phenoxy) is 1. The molecule has 2 fully saturated rings. The third kappa shape index (κ3) is 3.17. The van der Waals surface area contributed by atoms with Crippen LogP contribution < -0.4 is 0 Å². The molecule has 2 aliphatic heterocycles. The van der Waals surface area contributed by atoms with E-state index in [0.717, 1.165) is 24.2 Å². The van der Waals surface area contributed by atoms with Gasteiger partial charge in [-0.1, -0.05) is 12.1 Å². The van der Waals surface area contributed by atoms with E-state index in [4.69, 9.17) is 4.74 Å². The largest absolute Gasteiger partial charge is 0.389 e. The van der Waals surface area contributed by atoms with Crippen molar-refractivity contribution in [3.05, 3.63) is 53.6 Å². The van der Waals surface area contributed by atoms with Crippen LogP contribution in [0.3, 0.4) is 0 Å². The minimum Gasteiger partial charge on any atom is -0.389 e. The Bertz CT molecular complexity index is 778. The van der Waals surface area contributed by atoms with Gasteiger partial charge in [-0.2, -0.15) is 5.10 Å². The zero-order valence-electron chi connectivity index (χ0n) is 15.3. The van der Waals surface area contributed by atoms with Gasteiger partial charge in [0.05, 0.1) is 18.4 Å². The molecule has 3 heterocycles. The van der Waals surface area contributed by atoms with Crippen molar-refractivity contribution in [2.75, 3.05) is 19.7 Å². The van der Waals surface area contributed by atoms with E-state index in [0.29, 0.717) is 25.7 Å². The molecule has 2 aromatic rings. The SMILES string of the molecule is CC(C)n1nccc1CN1C[C@@H](O)[C@@]2(C[C@@H](c3cccc(F)c3)CO2)C1. The minimum absolute atomic E-state index is 0.126. The summed E-state index contributed by atoms with van der Waals surface area (Å²) in [7, 11) is 0. The quantitative estimate of drug-likeness (QED) is 0.912. The van der Waals surface area contributed by atoms with Crippen LogP contribution in [-0.4, -0.2) is 51.2 Å². The molecule has 1 N–H and O–H groups in total. The summed E-state index contributed by atoms with van der Waals surface area (Å²) in [6.45, 7) is 6.76. The highest BCUT2D eigenvalue weighted by Crippen LogP contribution is 2.42. The van der Waals surface area contributed by atoms with Gasteiger partial charge in [-0.05, 0) is 44.0 Å². The van der Waals surface area contributed by atoms with E-state index < -0.39 is 11.7 Å². The molecule has 0 bridgehead atoms. The Kier molecular flexibility index (Phi) is 4.59. The van der Waals surface area contributed by atoms with Gasteiger partial charge in [-0.3, -0.25) is 9.58 Å². The number of hydrogen-bond donors (Lipinski definition) is 1. The van der Waals surface area contributed by atoms with Gasteiger partial charge in [0, 0.05) is 37.8 Å². The van der Waals surface area contributed by atoms with Crippen LogP contribution in [0.4, 0.5) is 4.39 Å². The molecule has 6 heteroatoms. The fourth-order valence-corrected chi connectivity index (χ4v) is 4.36. The lowest BCUT2D eigenvalue weighted by molar-refractivity contribution is -0.0594. The minimum atomic E-state index is -0.556. The van der Waals surface area contributed by atoms with Crippen LogP contribution >= 0.6 is 0 Å². The summed E-state index contributed by atoms with van der Waals surface area (Å²) in [5.74, 6) is -0.0968. The molecule has 0 unspecified atom stereocenters. The van der Waals surface area contributed by atoms with Crippen molar-refractivity contribution in [1.29, 1.82) is 0 Å². The van der Waals surface area contributed by atoms with Crippen LogP contribution in [-0.2, 0) is 11.3 Å². The molecule has 1 spiro atoms. The predicted octanol–water partition coefficient (Wildman–Crippen LogP) is 2.72. The molecule has 4 rings (SSSR count). The Morgan fingerprint density at radius 2 is 2.23 bits per heavy atom. The lowest BCUT2D eigenvalue weighted by atomic mass is 9.87. The van der Waals surface area contributed by atoms with Gasteiger partial charge in [0.25, 0.3) is 0 Å². The fourth-order valence-electron chi connectivity index (χ4n) is 4.36. The van der Waals surface area contributed by atoms with Crippen LogP contribution in [0.2, 0.25) is 0 Å². The third-order valence-corrected chi connectivity index (χ3v) is 5.64. The van der Waals surface area contributed by atoms with Crippen LogP contribution in [0.5, 0.6) is 0 Å². The highest BCUT2D eigenvalue weighted by Gasteiger charge is 2.52. The van der Waals surface area contributed by atoms with Gasteiger partial charge in [0.2, 0.25) is 0 Å². The molecule has 2 saturated heterocycles. The van der Waals surface area contributed by atoms with Gasteiger partial charge < -0.3 is 9.84 Å². The number of aromatic nitrogens is 2. The molecule has 140 valence electrons. The third-order valence-electron chi connectivity index (χ3n) is 5.64. The number of aliphatic hydroxyl groups is 1. The molecule has 26 heavy (non-hydrogen) atoms. The van der Waals surface area contributed by atoms with Gasteiger partial charge in [-0.15, -0.1) is 0 Å². The second-order valence-corrected chi connectivity index (χ2v) is 7.88. The zero-order chi connectivity index (χ0) is 18.3. The monoisotopic (exact) mass is 359 g/mol. The maximum atomic E-state index is 13.5. The van der Waals surface area contributed by atoms with Gasteiger partial charge >= 0.3 is 0 Å². The summed E-state index contributed by atoms with van der Waals surface area (Å²) in [6, 6.07) is 9.05. The smallest absolute Gasteiger partial charge is 0.123 e. The van der Waals surface area contributed by atoms with Crippen molar-refractivity contribution < 1.29 is 14.2 Å². The lowest BCUT2D eigenvalue weighted by Crippen LogP contribution is -2.41. The average molecular weight is 359 g/mol. The number of benzene rings is 1. The Balaban J connectivity index is 1.46. The van der Waals surface area contributed by atoms with Crippen LogP contribution in [0, 0.1) is 5.82 Å². The molecular formula is C20H26FN3O2. The molecule has 1 aromatic heterocycles. The number of halogens is 1. The summed E-state index contributed by atoms with van der Waals surface area (Å²) in [6.07, 6.45) is 2.01. The number of aliphatic hydroxyl groups excluding tert-OH is 1. The summed E-state index contributed by atoms with van der Waals surface area (Å²) in [5, 5.41) is 15.1. The van der Waals surface area contributed by atoms with Crippen LogP contribution in [0.1, 0.15) is 43.5 Å². The maximum absolute atomic E-state index is 13.5. The lowest BCUT2D eigenvalue weighted by Gasteiger charge is -2.26. The number of β-amino-alcohol motifs (C(OH)–C–C–N with tert-alkyl or cyclic N) is 1. The molecule has 0 aliphatic carbocycles. The van der Waals surface area contributed by atoms with E-state index in [1.807, 2.05) is 23.0 Å². The Morgan fingerprint density at radius 1 is 1.38 bits per heavy atom. The average Bonchev–Trinajstić information content (AvgIpc) is 3.29. The van der Waals surface area contributed by atoms with E-state index in [2.05, 4.69) is 23.8 Å². The first-order chi connectivity index (χ1) is 12.5. The highest BCUT2D eigenvalue weighted by atomic mass is 19.1. The Labute approximate surface area is 153 Å².